The molecule has 2 unspecified atom stereocenters. The second kappa shape index (κ2) is 8.89. The summed E-state index contributed by atoms with van der Waals surface area (Å²) in [6.07, 6.45) is 3.85. The molecule has 1 aliphatic heterocycles. The Labute approximate surface area is 187 Å². The normalized spacial score (nSPS) is 18.3. The van der Waals surface area contributed by atoms with Crippen molar-refractivity contribution in [3.8, 4) is 5.69 Å². The lowest BCUT2D eigenvalue weighted by Gasteiger charge is -2.30. The number of benzene rings is 1. The summed E-state index contributed by atoms with van der Waals surface area (Å²) in [7, 11) is 1.39. The van der Waals surface area contributed by atoms with Gasteiger partial charge >= 0.3 is 5.97 Å². The summed E-state index contributed by atoms with van der Waals surface area (Å²) < 4.78 is 6.96. The quantitative estimate of drug-likeness (QED) is 0.461. The van der Waals surface area contributed by atoms with Crippen LogP contribution >= 0.6 is 12.2 Å². The Morgan fingerprint density at radius 1 is 1.16 bits per heavy atom. The summed E-state index contributed by atoms with van der Waals surface area (Å²) in [5, 5.41) is 4.23. The zero-order chi connectivity index (χ0) is 22.0. The number of nitrogens with zero attached hydrogens (tertiary/aromatic N) is 3. The Balaban J connectivity index is 1.76. The third-order valence-corrected chi connectivity index (χ3v) is 5.76. The first-order chi connectivity index (χ1) is 15.0. The van der Waals surface area contributed by atoms with E-state index in [2.05, 4.69) is 39.7 Å². The molecule has 0 bridgehead atoms. The first kappa shape index (κ1) is 21.1. The van der Waals surface area contributed by atoms with Crippen LogP contribution in [-0.2, 0) is 4.74 Å². The fourth-order valence-electron chi connectivity index (χ4n) is 4.06. The Bertz CT molecular complexity index is 1060. The summed E-state index contributed by atoms with van der Waals surface area (Å²) in [5.41, 5.74) is 3.55. The van der Waals surface area contributed by atoms with E-state index in [0.29, 0.717) is 11.5 Å². The molecule has 31 heavy (non-hydrogen) atoms. The fraction of sp³-hybridized carbons (Fsp3) is 0.292. The number of methoxy groups -OCH3 is 1. The molecule has 6 nitrogen and oxygen atoms in total. The van der Waals surface area contributed by atoms with Crippen molar-refractivity contribution in [2.75, 3.05) is 13.7 Å². The molecule has 160 valence electrons. The fourth-order valence-corrected chi connectivity index (χ4v) is 4.38. The molecule has 7 heteroatoms. The average Bonchev–Trinajstić information content (AvgIpc) is 3.38. The SMILES string of the molecule is COC(=O)c1ccc(-n2cccc2C2C(c3ccccn3)NC(=S)N2CC(C)C)cc1. The minimum atomic E-state index is -0.344. The van der Waals surface area contributed by atoms with Crippen LogP contribution in [0.4, 0.5) is 0 Å². The minimum absolute atomic E-state index is 0.0138. The standard InChI is InChI=1S/C24H26N4O2S/c1-16(2)15-28-22(21(26-24(28)31)19-7-4-5-13-25-19)20-8-6-14-27(20)18-11-9-17(10-12-18)23(29)30-3/h4-14,16,21-22H,15H2,1-3H3,(H,26,31). The highest BCUT2D eigenvalue weighted by molar-refractivity contribution is 7.80. The van der Waals surface area contributed by atoms with E-state index in [9.17, 15) is 4.79 Å². The number of aromatic nitrogens is 2. The Morgan fingerprint density at radius 2 is 1.94 bits per heavy atom. The minimum Gasteiger partial charge on any atom is -0.465 e. The van der Waals surface area contributed by atoms with Crippen LogP contribution in [0.5, 0.6) is 0 Å². The molecule has 4 rings (SSSR count). The van der Waals surface area contributed by atoms with E-state index >= 15 is 0 Å². The third-order valence-electron chi connectivity index (χ3n) is 5.41. The van der Waals surface area contributed by atoms with Crippen LogP contribution in [0.2, 0.25) is 0 Å². The number of carbonyl (C=O) groups excluding carboxylic acids is 1. The number of esters is 1. The van der Waals surface area contributed by atoms with Crippen LogP contribution < -0.4 is 5.32 Å². The summed E-state index contributed by atoms with van der Waals surface area (Å²) in [5.74, 6) is 0.107. The van der Waals surface area contributed by atoms with Gasteiger partial charge in [0.1, 0.15) is 0 Å². The van der Waals surface area contributed by atoms with Gasteiger partial charge < -0.3 is 19.5 Å². The number of pyridine rings is 1. The smallest absolute Gasteiger partial charge is 0.337 e. The van der Waals surface area contributed by atoms with Crippen molar-refractivity contribution >= 4 is 23.3 Å². The molecule has 0 amide bonds. The third kappa shape index (κ3) is 4.18. The Hall–Kier alpha value is -3.19. The van der Waals surface area contributed by atoms with Crippen LogP contribution in [0.1, 0.15) is 47.7 Å². The second-order valence-electron chi connectivity index (χ2n) is 8.01. The molecule has 1 saturated heterocycles. The zero-order valence-electron chi connectivity index (χ0n) is 17.9. The first-order valence-corrected chi connectivity index (χ1v) is 10.7. The number of ether oxygens (including phenoxy) is 1. The molecular formula is C24H26N4O2S. The van der Waals surface area contributed by atoms with E-state index in [4.69, 9.17) is 17.0 Å². The largest absolute Gasteiger partial charge is 0.465 e. The number of rotatable bonds is 6. The lowest BCUT2D eigenvalue weighted by molar-refractivity contribution is 0.0600. The highest BCUT2D eigenvalue weighted by atomic mass is 32.1. The lowest BCUT2D eigenvalue weighted by Crippen LogP contribution is -2.33. The number of carbonyl (C=O) groups is 1. The van der Waals surface area contributed by atoms with Crippen molar-refractivity contribution in [3.63, 3.8) is 0 Å². The predicted octanol–water partition coefficient (Wildman–Crippen LogP) is 4.29. The summed E-state index contributed by atoms with van der Waals surface area (Å²) in [4.78, 5) is 18.7. The Kier molecular flexibility index (Phi) is 6.04. The van der Waals surface area contributed by atoms with Crippen LogP contribution in [0.3, 0.4) is 0 Å². The molecule has 1 fully saturated rings. The molecule has 0 spiro atoms. The average molecular weight is 435 g/mol. The first-order valence-electron chi connectivity index (χ1n) is 10.3. The lowest BCUT2D eigenvalue weighted by atomic mass is 10.0. The van der Waals surface area contributed by atoms with Gasteiger partial charge in [0.15, 0.2) is 5.11 Å². The number of hydrogen-bond donors (Lipinski definition) is 1. The maximum atomic E-state index is 11.8. The molecule has 0 saturated carbocycles. The van der Waals surface area contributed by atoms with Crippen LogP contribution in [0.25, 0.3) is 5.69 Å². The van der Waals surface area contributed by atoms with Crippen molar-refractivity contribution in [1.82, 2.24) is 19.8 Å². The van der Waals surface area contributed by atoms with Crippen molar-refractivity contribution in [1.29, 1.82) is 0 Å². The maximum absolute atomic E-state index is 11.8. The van der Waals surface area contributed by atoms with E-state index in [1.54, 1.807) is 12.1 Å². The van der Waals surface area contributed by atoms with E-state index in [0.717, 1.165) is 28.7 Å². The summed E-state index contributed by atoms with van der Waals surface area (Å²) in [6, 6.07) is 17.5. The Morgan fingerprint density at radius 3 is 2.58 bits per heavy atom. The number of thiocarbonyl (C=S) groups is 1. The van der Waals surface area contributed by atoms with E-state index in [1.807, 2.05) is 48.8 Å². The second-order valence-corrected chi connectivity index (χ2v) is 8.40. The molecule has 0 aliphatic carbocycles. The van der Waals surface area contributed by atoms with Crippen molar-refractivity contribution < 1.29 is 9.53 Å². The van der Waals surface area contributed by atoms with Crippen LogP contribution in [-0.4, -0.2) is 39.2 Å². The summed E-state index contributed by atoms with van der Waals surface area (Å²) >= 11 is 5.73. The molecule has 1 aliphatic rings. The van der Waals surface area contributed by atoms with Crippen molar-refractivity contribution in [2.45, 2.75) is 25.9 Å². The van der Waals surface area contributed by atoms with Gasteiger partial charge in [0.25, 0.3) is 0 Å². The number of hydrogen-bond acceptors (Lipinski definition) is 4. The predicted molar refractivity (Wildman–Crippen MR) is 124 cm³/mol. The molecule has 1 aromatic carbocycles. The molecule has 2 atom stereocenters. The molecule has 3 aromatic rings. The van der Waals surface area contributed by atoms with Gasteiger partial charge in [-0.1, -0.05) is 19.9 Å². The van der Waals surface area contributed by atoms with Gasteiger partial charge in [0, 0.05) is 30.3 Å². The summed E-state index contributed by atoms with van der Waals surface area (Å²) in [6.45, 7) is 5.23. The van der Waals surface area contributed by atoms with Crippen molar-refractivity contribution in [3.05, 3.63) is 83.9 Å². The topological polar surface area (TPSA) is 59.4 Å². The van der Waals surface area contributed by atoms with Gasteiger partial charge in [-0.2, -0.15) is 0 Å². The zero-order valence-corrected chi connectivity index (χ0v) is 18.7. The highest BCUT2D eigenvalue weighted by Crippen LogP contribution is 2.39. The molecular weight excluding hydrogens is 408 g/mol. The monoisotopic (exact) mass is 434 g/mol. The maximum Gasteiger partial charge on any atom is 0.337 e. The highest BCUT2D eigenvalue weighted by Gasteiger charge is 2.41. The van der Waals surface area contributed by atoms with Gasteiger partial charge in [0.05, 0.1) is 30.5 Å². The van der Waals surface area contributed by atoms with E-state index in [-0.39, 0.29) is 18.1 Å². The van der Waals surface area contributed by atoms with Gasteiger partial charge in [-0.05, 0) is 66.7 Å². The number of nitrogens with one attached hydrogen (secondary N) is 1. The van der Waals surface area contributed by atoms with Crippen LogP contribution in [0, 0.1) is 5.92 Å². The van der Waals surface area contributed by atoms with Gasteiger partial charge in [-0.3, -0.25) is 4.98 Å². The molecule has 2 aromatic heterocycles. The molecule has 3 heterocycles. The molecule has 0 radical (unpaired) electrons. The van der Waals surface area contributed by atoms with E-state index in [1.165, 1.54) is 7.11 Å². The van der Waals surface area contributed by atoms with Crippen LogP contribution in [0.15, 0.2) is 67.0 Å². The van der Waals surface area contributed by atoms with Gasteiger partial charge in [0.2, 0.25) is 0 Å². The van der Waals surface area contributed by atoms with Crippen molar-refractivity contribution in [2.24, 2.45) is 5.92 Å². The van der Waals surface area contributed by atoms with Gasteiger partial charge in [-0.15, -0.1) is 0 Å². The van der Waals surface area contributed by atoms with E-state index < -0.39 is 0 Å². The molecule has 1 N–H and O–H groups in total. The van der Waals surface area contributed by atoms with Gasteiger partial charge in [-0.25, -0.2) is 4.79 Å².